The first-order valence-electron chi connectivity index (χ1n) is 11.3. The predicted octanol–water partition coefficient (Wildman–Crippen LogP) is 2.00. The van der Waals surface area contributed by atoms with Gasteiger partial charge in [0.15, 0.2) is 17.9 Å². The second kappa shape index (κ2) is 11.2. The summed E-state index contributed by atoms with van der Waals surface area (Å²) in [5.74, 6) is -1.05. The first-order chi connectivity index (χ1) is 17.4. The van der Waals surface area contributed by atoms with Crippen molar-refractivity contribution in [2.24, 2.45) is 10.3 Å². The zero-order valence-electron chi connectivity index (χ0n) is 19.6. The Kier molecular flexibility index (Phi) is 7.84. The number of hydrogen-bond donors (Lipinski definition) is 2. The third-order valence-corrected chi connectivity index (χ3v) is 5.77. The molecule has 4 rings (SSSR count). The van der Waals surface area contributed by atoms with Gasteiger partial charge in [0.2, 0.25) is 0 Å². The van der Waals surface area contributed by atoms with Crippen molar-refractivity contribution in [1.29, 1.82) is 0 Å². The second-order valence-corrected chi connectivity index (χ2v) is 8.43. The molecule has 190 valence electrons. The number of nitrogens with one attached hydrogen (secondary N) is 2. The summed E-state index contributed by atoms with van der Waals surface area (Å²) in [6.45, 7) is 3.80. The Morgan fingerprint density at radius 2 is 1.67 bits per heavy atom. The zero-order valence-corrected chi connectivity index (χ0v) is 20.3. The molecule has 2 aliphatic heterocycles. The van der Waals surface area contributed by atoms with Gasteiger partial charge in [0.1, 0.15) is 22.7 Å². The monoisotopic (exact) mass is 517 g/mol. The third kappa shape index (κ3) is 5.65. The van der Waals surface area contributed by atoms with Crippen LogP contribution in [0.5, 0.6) is 0 Å². The molecule has 13 heteroatoms. The molecule has 2 aromatic rings. The molecule has 0 saturated heterocycles. The lowest BCUT2D eigenvalue weighted by molar-refractivity contribution is -0.135. The lowest BCUT2D eigenvalue weighted by atomic mass is 10.1. The zero-order chi connectivity index (χ0) is 25.7. The van der Waals surface area contributed by atoms with Crippen LogP contribution in [0.15, 0.2) is 39.1 Å². The lowest BCUT2D eigenvalue weighted by Gasteiger charge is -2.11. The van der Waals surface area contributed by atoms with Crippen LogP contribution < -0.4 is 10.6 Å². The van der Waals surface area contributed by atoms with Gasteiger partial charge in [-0.05, 0) is 19.9 Å². The highest BCUT2D eigenvalue weighted by molar-refractivity contribution is 6.39. The minimum absolute atomic E-state index is 0.105. The second-order valence-electron chi connectivity index (χ2n) is 8.02. The van der Waals surface area contributed by atoms with Crippen LogP contribution in [-0.4, -0.2) is 66.3 Å². The van der Waals surface area contributed by atoms with E-state index in [4.69, 9.17) is 30.5 Å². The number of rotatable bonds is 9. The maximum Gasteiger partial charge on any atom is 0.356 e. The summed E-state index contributed by atoms with van der Waals surface area (Å²) in [5.41, 5.74) is 1.53. The molecule has 2 amide bonds. The maximum absolute atomic E-state index is 12.9. The molecule has 0 unspecified atom stereocenters. The van der Waals surface area contributed by atoms with E-state index < -0.39 is 30.0 Å². The Balaban J connectivity index is 1.24. The van der Waals surface area contributed by atoms with Gasteiger partial charge >= 0.3 is 5.97 Å². The first-order valence-corrected chi connectivity index (χ1v) is 11.6. The number of carbonyl (C=O) groups is 3. The van der Waals surface area contributed by atoms with Crippen LogP contribution in [0.3, 0.4) is 0 Å². The number of esters is 1. The predicted molar refractivity (Wildman–Crippen MR) is 128 cm³/mol. The van der Waals surface area contributed by atoms with Crippen molar-refractivity contribution in [3.63, 3.8) is 0 Å². The molecule has 1 aromatic carbocycles. The first kappa shape index (κ1) is 25.2. The Morgan fingerprint density at radius 3 is 2.36 bits per heavy atom. The van der Waals surface area contributed by atoms with Crippen molar-refractivity contribution in [3.05, 3.63) is 40.6 Å². The highest BCUT2D eigenvalue weighted by Crippen LogP contribution is 2.31. The number of ether oxygens (including phenoxy) is 1. The highest BCUT2D eigenvalue weighted by atomic mass is 35.5. The summed E-state index contributed by atoms with van der Waals surface area (Å²) in [6.07, 6.45) is -0.581. The van der Waals surface area contributed by atoms with Gasteiger partial charge in [0.25, 0.3) is 11.8 Å². The van der Waals surface area contributed by atoms with E-state index in [1.807, 2.05) is 0 Å². The van der Waals surface area contributed by atoms with Gasteiger partial charge < -0.3 is 29.6 Å². The number of carbonyl (C=O) groups excluding carboxylic acids is 3. The smallest absolute Gasteiger partial charge is 0.356 e. The quantitative estimate of drug-likeness (QED) is 0.479. The van der Waals surface area contributed by atoms with Crippen molar-refractivity contribution in [2.45, 2.75) is 38.9 Å². The van der Waals surface area contributed by atoms with E-state index in [-0.39, 0.29) is 49.5 Å². The molecule has 0 radical (unpaired) electrons. The van der Waals surface area contributed by atoms with Gasteiger partial charge in [-0.2, -0.15) is 0 Å². The van der Waals surface area contributed by atoms with Crippen molar-refractivity contribution in [2.75, 3.05) is 19.7 Å². The number of hydrogen-bond acceptors (Lipinski definition) is 10. The van der Waals surface area contributed by atoms with Gasteiger partial charge in [0, 0.05) is 18.4 Å². The minimum atomic E-state index is -0.537. The molecule has 0 fully saturated rings. The molecule has 3 heterocycles. The minimum Gasteiger partial charge on any atom is -0.461 e. The Morgan fingerprint density at radius 1 is 1.03 bits per heavy atom. The molecule has 36 heavy (non-hydrogen) atoms. The fourth-order valence-corrected chi connectivity index (χ4v) is 3.85. The van der Waals surface area contributed by atoms with E-state index in [0.29, 0.717) is 22.0 Å². The van der Waals surface area contributed by atoms with E-state index in [0.717, 1.165) is 0 Å². The number of aryl methyl sites for hydroxylation is 1. The summed E-state index contributed by atoms with van der Waals surface area (Å²) in [6, 6.07) is 7.01. The summed E-state index contributed by atoms with van der Waals surface area (Å²) >= 11 is 6.25. The Labute approximate surface area is 210 Å². The van der Waals surface area contributed by atoms with Gasteiger partial charge in [-0.15, -0.1) is 0 Å². The van der Waals surface area contributed by atoms with Gasteiger partial charge in [-0.3, -0.25) is 9.59 Å². The molecule has 2 N–H and O–H groups in total. The number of nitrogens with zero attached hydrogens (tertiary/aromatic N) is 3. The van der Waals surface area contributed by atoms with Crippen molar-refractivity contribution >= 4 is 40.8 Å². The lowest BCUT2D eigenvalue weighted by Crippen LogP contribution is -2.38. The van der Waals surface area contributed by atoms with Crippen molar-refractivity contribution in [1.82, 2.24) is 15.8 Å². The molecule has 0 bridgehead atoms. The standard InChI is InChI=1S/C23H24ClN5O7/c1-3-33-23(32)18-9-14(36-28-18)10-25-21(30)17-8-13(35-27-17)11-26-22(31)19-12(2)34-29-20(19)15-6-4-5-7-16(15)24/h4-7,13-14H,3,8-11H2,1-2H3,(H,25,30)(H,26,31)/t13-,14+/m1/s1. The molecular formula is C23H24ClN5O7. The molecule has 0 saturated carbocycles. The fourth-order valence-electron chi connectivity index (χ4n) is 3.62. The summed E-state index contributed by atoms with van der Waals surface area (Å²) in [7, 11) is 0. The molecule has 0 spiro atoms. The molecular weight excluding hydrogens is 494 g/mol. The van der Waals surface area contributed by atoms with Gasteiger partial charge in [-0.25, -0.2) is 4.79 Å². The topological polar surface area (TPSA) is 154 Å². The van der Waals surface area contributed by atoms with Crippen LogP contribution in [0.2, 0.25) is 5.02 Å². The van der Waals surface area contributed by atoms with E-state index in [1.54, 1.807) is 38.1 Å². The molecule has 12 nitrogen and oxygen atoms in total. The third-order valence-electron chi connectivity index (χ3n) is 5.44. The molecule has 0 aliphatic carbocycles. The number of amides is 2. The number of halogens is 1. The summed E-state index contributed by atoms with van der Waals surface area (Å²) in [5, 5.41) is 17.4. The van der Waals surface area contributed by atoms with Gasteiger partial charge in [0.05, 0.1) is 24.7 Å². The van der Waals surface area contributed by atoms with Crippen molar-refractivity contribution < 1.29 is 33.3 Å². The summed E-state index contributed by atoms with van der Waals surface area (Å²) < 4.78 is 10.1. The Hall–Kier alpha value is -3.93. The maximum atomic E-state index is 12.9. The van der Waals surface area contributed by atoms with Crippen LogP contribution in [0.4, 0.5) is 0 Å². The average molecular weight is 518 g/mol. The van der Waals surface area contributed by atoms with Crippen LogP contribution >= 0.6 is 11.6 Å². The summed E-state index contributed by atoms with van der Waals surface area (Å²) in [4.78, 5) is 47.5. The number of oxime groups is 2. The number of aromatic nitrogens is 1. The fraction of sp³-hybridized carbons (Fsp3) is 0.391. The van der Waals surface area contributed by atoms with E-state index >= 15 is 0 Å². The van der Waals surface area contributed by atoms with E-state index in [2.05, 4.69) is 26.1 Å². The van der Waals surface area contributed by atoms with E-state index in [9.17, 15) is 14.4 Å². The van der Waals surface area contributed by atoms with Crippen LogP contribution in [0.25, 0.3) is 11.3 Å². The molecule has 2 aliphatic rings. The average Bonchev–Trinajstić information content (AvgIpc) is 3.61. The SMILES string of the molecule is CCOC(=O)C1=NO[C@H](CNC(=O)C2=NO[C@@H](CNC(=O)c3c(-c4ccccc4Cl)noc3C)C2)C1. The van der Waals surface area contributed by atoms with Crippen LogP contribution in [0.1, 0.15) is 35.9 Å². The normalized spacial score (nSPS) is 18.5. The van der Waals surface area contributed by atoms with Crippen LogP contribution in [0, 0.1) is 6.92 Å². The Bertz CT molecular complexity index is 1230. The van der Waals surface area contributed by atoms with Gasteiger partial charge in [-0.1, -0.05) is 45.3 Å². The van der Waals surface area contributed by atoms with E-state index in [1.165, 1.54) is 0 Å². The van der Waals surface area contributed by atoms with Crippen LogP contribution in [-0.2, 0) is 24.0 Å². The highest BCUT2D eigenvalue weighted by Gasteiger charge is 2.31. The largest absolute Gasteiger partial charge is 0.461 e. The van der Waals surface area contributed by atoms with Crippen molar-refractivity contribution in [3.8, 4) is 11.3 Å². The molecule has 1 aromatic heterocycles. The number of benzene rings is 1. The molecule has 2 atom stereocenters.